The Hall–Kier alpha value is -1.08. The molecule has 7 heteroatoms. The second kappa shape index (κ2) is 8.92. The van der Waals surface area contributed by atoms with E-state index >= 15 is 0 Å². The highest BCUT2D eigenvalue weighted by molar-refractivity contribution is 7.98. The molecule has 1 aromatic rings. The van der Waals surface area contributed by atoms with Gasteiger partial charge in [-0.3, -0.25) is 9.59 Å². The molecule has 0 aliphatic rings. The molecule has 0 bridgehead atoms. The number of aromatic nitrogens is 1. The number of rotatable bonds is 8. The highest BCUT2D eigenvalue weighted by atomic mass is 32.2. The molecule has 0 radical (unpaired) electrons. The van der Waals surface area contributed by atoms with E-state index in [-0.39, 0.29) is 11.8 Å². The molecule has 0 aromatic carbocycles. The predicted molar refractivity (Wildman–Crippen MR) is 79.8 cm³/mol. The summed E-state index contributed by atoms with van der Waals surface area (Å²) >= 11 is 3.21. The van der Waals surface area contributed by atoms with Crippen LogP contribution >= 0.6 is 23.1 Å². The summed E-state index contributed by atoms with van der Waals surface area (Å²) in [7, 11) is 0. The summed E-state index contributed by atoms with van der Waals surface area (Å²) in [6.45, 7) is 2.71. The van der Waals surface area contributed by atoms with Crippen molar-refractivity contribution in [1.82, 2.24) is 15.6 Å². The van der Waals surface area contributed by atoms with E-state index in [1.54, 1.807) is 17.1 Å². The number of amides is 2. The molecule has 0 saturated carbocycles. The minimum Gasteiger partial charge on any atom is -0.356 e. The average Bonchev–Trinajstić information content (AvgIpc) is 2.83. The van der Waals surface area contributed by atoms with E-state index in [1.165, 1.54) is 18.3 Å². The molecular weight excluding hydrogens is 282 g/mol. The van der Waals surface area contributed by atoms with E-state index in [1.807, 2.05) is 6.26 Å². The molecule has 0 aliphatic heterocycles. The normalized spacial score (nSPS) is 10.2. The molecule has 0 unspecified atom stereocenters. The van der Waals surface area contributed by atoms with Crippen LogP contribution in [-0.4, -0.2) is 41.9 Å². The fraction of sp³-hybridized carbons (Fsp3) is 0.583. The standard InChI is InChI=1S/C12H19N3O2S2/c1-9(16)13-6-4-11-15-10(8-19-11)12(17)14-5-3-7-18-2/h8H,3-7H2,1-2H3,(H,13,16)(H,14,17). The molecular formula is C12H19N3O2S2. The molecule has 0 spiro atoms. The van der Waals surface area contributed by atoms with Gasteiger partial charge in [-0.05, 0) is 18.4 Å². The number of carbonyl (C=O) groups is 2. The van der Waals surface area contributed by atoms with Crippen LogP contribution in [-0.2, 0) is 11.2 Å². The maximum Gasteiger partial charge on any atom is 0.270 e. The lowest BCUT2D eigenvalue weighted by Crippen LogP contribution is -2.25. The third-order valence-electron chi connectivity index (χ3n) is 2.31. The van der Waals surface area contributed by atoms with Crippen LogP contribution < -0.4 is 10.6 Å². The molecule has 0 atom stereocenters. The number of hydrogen-bond donors (Lipinski definition) is 2. The quantitative estimate of drug-likeness (QED) is 0.710. The van der Waals surface area contributed by atoms with Gasteiger partial charge < -0.3 is 10.6 Å². The van der Waals surface area contributed by atoms with Crippen molar-refractivity contribution in [2.24, 2.45) is 0 Å². The summed E-state index contributed by atoms with van der Waals surface area (Å²) in [6, 6.07) is 0. The zero-order chi connectivity index (χ0) is 14.1. The first kappa shape index (κ1) is 16.0. The van der Waals surface area contributed by atoms with Crippen LogP contribution in [0.2, 0.25) is 0 Å². The first-order valence-electron chi connectivity index (χ1n) is 6.09. The lowest BCUT2D eigenvalue weighted by Gasteiger charge is -2.01. The van der Waals surface area contributed by atoms with Crippen molar-refractivity contribution in [3.8, 4) is 0 Å². The summed E-state index contributed by atoms with van der Waals surface area (Å²) < 4.78 is 0. The van der Waals surface area contributed by atoms with E-state index in [0.717, 1.165) is 17.2 Å². The topological polar surface area (TPSA) is 71.1 Å². The van der Waals surface area contributed by atoms with Crippen molar-refractivity contribution >= 4 is 34.9 Å². The van der Waals surface area contributed by atoms with Crippen LogP contribution in [0, 0.1) is 0 Å². The molecule has 1 heterocycles. The van der Waals surface area contributed by atoms with Gasteiger partial charge in [0.2, 0.25) is 5.91 Å². The molecule has 0 saturated heterocycles. The second-order valence-electron chi connectivity index (χ2n) is 3.96. The van der Waals surface area contributed by atoms with Crippen molar-refractivity contribution in [3.63, 3.8) is 0 Å². The minimum absolute atomic E-state index is 0.0525. The Morgan fingerprint density at radius 2 is 2.16 bits per heavy atom. The van der Waals surface area contributed by atoms with Gasteiger partial charge in [0.05, 0.1) is 5.01 Å². The predicted octanol–water partition coefficient (Wildman–Crippen LogP) is 1.30. The Balaban J connectivity index is 2.32. The summed E-state index contributed by atoms with van der Waals surface area (Å²) in [4.78, 5) is 26.7. The third kappa shape index (κ3) is 6.58. The third-order valence-corrected chi connectivity index (χ3v) is 3.91. The SMILES string of the molecule is CSCCCNC(=O)c1csc(CCNC(C)=O)n1. The zero-order valence-corrected chi connectivity index (χ0v) is 12.8. The first-order valence-corrected chi connectivity index (χ1v) is 8.37. The number of nitrogens with zero attached hydrogens (tertiary/aromatic N) is 1. The molecule has 1 aromatic heterocycles. The fourth-order valence-corrected chi connectivity index (χ4v) is 2.60. The van der Waals surface area contributed by atoms with Crippen LogP contribution in [0.3, 0.4) is 0 Å². The molecule has 0 aliphatic carbocycles. The Labute approximate surface area is 121 Å². The summed E-state index contributed by atoms with van der Waals surface area (Å²) in [5.74, 6) is 0.866. The Morgan fingerprint density at radius 1 is 1.37 bits per heavy atom. The summed E-state index contributed by atoms with van der Waals surface area (Å²) in [6.07, 6.45) is 3.67. The molecule has 1 rings (SSSR count). The van der Waals surface area contributed by atoms with Crippen LogP contribution in [0.15, 0.2) is 5.38 Å². The van der Waals surface area contributed by atoms with E-state index in [9.17, 15) is 9.59 Å². The van der Waals surface area contributed by atoms with E-state index in [4.69, 9.17) is 0 Å². The number of nitrogens with one attached hydrogen (secondary N) is 2. The van der Waals surface area contributed by atoms with Crippen molar-refractivity contribution in [3.05, 3.63) is 16.1 Å². The Bertz CT molecular complexity index is 421. The van der Waals surface area contributed by atoms with E-state index in [2.05, 4.69) is 15.6 Å². The van der Waals surface area contributed by atoms with Crippen molar-refractivity contribution < 1.29 is 9.59 Å². The molecule has 2 N–H and O–H groups in total. The number of thiazole rings is 1. The smallest absolute Gasteiger partial charge is 0.270 e. The first-order chi connectivity index (χ1) is 9.13. The van der Waals surface area contributed by atoms with Gasteiger partial charge in [-0.2, -0.15) is 11.8 Å². The fourth-order valence-electron chi connectivity index (χ4n) is 1.38. The van der Waals surface area contributed by atoms with Crippen molar-refractivity contribution in [2.45, 2.75) is 19.8 Å². The Kier molecular flexibility index (Phi) is 7.50. The lowest BCUT2D eigenvalue weighted by atomic mass is 10.4. The average molecular weight is 301 g/mol. The zero-order valence-electron chi connectivity index (χ0n) is 11.2. The number of carbonyl (C=O) groups excluding carboxylic acids is 2. The molecule has 5 nitrogen and oxygen atoms in total. The van der Waals surface area contributed by atoms with Gasteiger partial charge in [-0.15, -0.1) is 11.3 Å². The summed E-state index contributed by atoms with van der Waals surface area (Å²) in [5, 5.41) is 8.17. The number of hydrogen-bond acceptors (Lipinski definition) is 5. The van der Waals surface area contributed by atoms with Gasteiger partial charge in [0.25, 0.3) is 5.91 Å². The highest BCUT2D eigenvalue weighted by Gasteiger charge is 2.09. The monoisotopic (exact) mass is 301 g/mol. The molecule has 19 heavy (non-hydrogen) atoms. The van der Waals surface area contributed by atoms with E-state index in [0.29, 0.717) is 25.2 Å². The van der Waals surface area contributed by atoms with Gasteiger partial charge in [0.15, 0.2) is 0 Å². The maximum atomic E-state index is 11.8. The largest absolute Gasteiger partial charge is 0.356 e. The van der Waals surface area contributed by atoms with Gasteiger partial charge in [-0.25, -0.2) is 4.98 Å². The Morgan fingerprint density at radius 3 is 2.84 bits per heavy atom. The second-order valence-corrected chi connectivity index (χ2v) is 5.89. The van der Waals surface area contributed by atoms with Crippen LogP contribution in [0.1, 0.15) is 28.8 Å². The highest BCUT2D eigenvalue weighted by Crippen LogP contribution is 2.10. The van der Waals surface area contributed by atoms with Gasteiger partial charge in [0, 0.05) is 31.8 Å². The lowest BCUT2D eigenvalue weighted by molar-refractivity contribution is -0.118. The van der Waals surface area contributed by atoms with Gasteiger partial charge in [-0.1, -0.05) is 0 Å². The number of thioether (sulfide) groups is 1. The summed E-state index contributed by atoms with van der Waals surface area (Å²) in [5.41, 5.74) is 0.465. The van der Waals surface area contributed by atoms with Gasteiger partial charge >= 0.3 is 0 Å². The molecule has 106 valence electrons. The van der Waals surface area contributed by atoms with E-state index < -0.39 is 0 Å². The molecule has 0 fully saturated rings. The van der Waals surface area contributed by atoms with Crippen molar-refractivity contribution in [2.75, 3.05) is 25.1 Å². The van der Waals surface area contributed by atoms with Crippen LogP contribution in [0.4, 0.5) is 0 Å². The van der Waals surface area contributed by atoms with Gasteiger partial charge in [0.1, 0.15) is 5.69 Å². The molecule has 2 amide bonds. The maximum absolute atomic E-state index is 11.8. The van der Waals surface area contributed by atoms with Crippen LogP contribution in [0.5, 0.6) is 0 Å². The van der Waals surface area contributed by atoms with Crippen molar-refractivity contribution in [1.29, 1.82) is 0 Å². The minimum atomic E-state index is -0.122. The van der Waals surface area contributed by atoms with Crippen LogP contribution in [0.25, 0.3) is 0 Å².